The molecule has 0 spiro atoms. The van der Waals surface area contributed by atoms with Crippen LogP contribution in [0.4, 0.5) is 0 Å². The minimum absolute atomic E-state index is 0.215. The monoisotopic (exact) mass is 349 g/mol. The number of aliphatic imine (C=N–C) groups is 1. The fourth-order valence-corrected chi connectivity index (χ4v) is 2.68. The number of hydrogen-bond acceptors (Lipinski definition) is 8. The molecule has 1 fully saturated rings. The van der Waals surface area contributed by atoms with Crippen LogP contribution in [0.25, 0.3) is 0 Å². The molecule has 0 radical (unpaired) electrons. The third-order valence-electron chi connectivity index (χ3n) is 3.57. The van der Waals surface area contributed by atoms with Gasteiger partial charge in [0.2, 0.25) is 0 Å². The lowest BCUT2D eigenvalue weighted by Crippen LogP contribution is -2.42. The van der Waals surface area contributed by atoms with Crippen LogP contribution < -0.4 is 5.73 Å². The summed E-state index contributed by atoms with van der Waals surface area (Å²) >= 11 is 0. The maximum atomic E-state index is 10.7. The fourth-order valence-electron chi connectivity index (χ4n) is 2.34. The van der Waals surface area contributed by atoms with Crippen molar-refractivity contribution in [1.29, 1.82) is 0 Å². The third-order valence-corrected chi connectivity index (χ3v) is 4.06. The topological polar surface area (TPSA) is 158 Å². The first kappa shape index (κ1) is 18.1. The Hall–Kier alpha value is -1.26. The van der Waals surface area contributed by atoms with Gasteiger partial charge in [0.1, 0.15) is 30.0 Å². The Morgan fingerprint density at radius 2 is 2.13 bits per heavy atom. The third kappa shape index (κ3) is 3.99. The van der Waals surface area contributed by atoms with Crippen molar-refractivity contribution in [3.63, 3.8) is 0 Å². The summed E-state index contributed by atoms with van der Waals surface area (Å²) in [5.41, 5.74) is 6.47. The van der Waals surface area contributed by atoms with Crippen molar-refractivity contribution in [3.05, 3.63) is 24.2 Å². The lowest BCUT2D eigenvalue weighted by atomic mass is 10.1. The van der Waals surface area contributed by atoms with Crippen molar-refractivity contribution in [2.24, 2.45) is 10.7 Å². The zero-order valence-corrected chi connectivity index (χ0v) is 13.3. The van der Waals surface area contributed by atoms with Gasteiger partial charge in [-0.15, -0.1) is 0 Å². The molecule has 0 aliphatic carbocycles. The zero-order valence-electron chi connectivity index (χ0n) is 12.4. The van der Waals surface area contributed by atoms with Gasteiger partial charge in [0.05, 0.1) is 6.61 Å². The van der Waals surface area contributed by atoms with E-state index in [1.54, 1.807) is 6.20 Å². The molecule has 4 atom stereocenters. The number of aliphatic hydroxyl groups excluding tert-OH is 2. The van der Waals surface area contributed by atoms with Gasteiger partial charge in [0.25, 0.3) is 0 Å². The van der Waals surface area contributed by atoms with Crippen molar-refractivity contribution < 1.29 is 33.8 Å². The van der Waals surface area contributed by atoms with Gasteiger partial charge in [-0.3, -0.25) is 4.52 Å². The van der Waals surface area contributed by atoms with Crippen molar-refractivity contribution in [2.75, 3.05) is 6.61 Å². The molecule has 0 bridgehead atoms. The Bertz CT molecular complexity index is 587. The normalized spacial score (nSPS) is 32.0. The molecule has 10 nitrogen and oxygen atoms in total. The standard InChI is InChI=1S/C12H20N3O7P/c1-3-7-4-15(6(2)14-11(7)13)12-10(17)9(16)8(22-12)5-21-23(18,19)20/h4,8-10,12,16-17H,2-3,5H2,1H3,(H2,13,14)(H2,18,19,20)/t8-,9-,10-,12-/m1/s1. The molecule has 2 aliphatic heterocycles. The average molecular weight is 349 g/mol. The fraction of sp³-hybridized carbons (Fsp3) is 0.583. The van der Waals surface area contributed by atoms with E-state index in [2.05, 4.69) is 16.1 Å². The number of hydrogen-bond donors (Lipinski definition) is 5. The number of nitrogens with two attached hydrogens (primary N) is 1. The van der Waals surface area contributed by atoms with Crippen LogP contribution in [0.2, 0.25) is 0 Å². The molecule has 11 heteroatoms. The van der Waals surface area contributed by atoms with Gasteiger partial charge in [0, 0.05) is 11.8 Å². The van der Waals surface area contributed by atoms with Crippen molar-refractivity contribution in [1.82, 2.24) is 4.90 Å². The maximum absolute atomic E-state index is 10.7. The smallest absolute Gasteiger partial charge is 0.387 e. The number of aliphatic hydroxyl groups is 2. The van der Waals surface area contributed by atoms with E-state index in [1.165, 1.54) is 4.90 Å². The summed E-state index contributed by atoms with van der Waals surface area (Å²) in [4.78, 5) is 22.9. The van der Waals surface area contributed by atoms with E-state index >= 15 is 0 Å². The van der Waals surface area contributed by atoms with E-state index in [9.17, 15) is 14.8 Å². The predicted molar refractivity (Wildman–Crippen MR) is 79.6 cm³/mol. The van der Waals surface area contributed by atoms with Gasteiger partial charge >= 0.3 is 7.82 Å². The molecule has 2 heterocycles. The zero-order chi connectivity index (χ0) is 17.4. The molecule has 0 unspecified atom stereocenters. The van der Waals surface area contributed by atoms with Crippen molar-refractivity contribution in [2.45, 2.75) is 37.9 Å². The molecule has 0 amide bonds. The average Bonchev–Trinajstić information content (AvgIpc) is 2.73. The molecule has 2 aliphatic rings. The van der Waals surface area contributed by atoms with Gasteiger partial charge in [-0.2, -0.15) is 0 Å². The van der Waals surface area contributed by atoms with Gasteiger partial charge < -0.3 is 35.4 Å². The van der Waals surface area contributed by atoms with Crippen LogP contribution in [0.3, 0.4) is 0 Å². The van der Waals surface area contributed by atoms with Crippen molar-refractivity contribution in [3.8, 4) is 0 Å². The Morgan fingerprint density at radius 3 is 2.70 bits per heavy atom. The highest BCUT2D eigenvalue weighted by atomic mass is 31.2. The molecule has 0 saturated carbocycles. The highest BCUT2D eigenvalue weighted by Gasteiger charge is 2.46. The Labute approximate surface area is 132 Å². The van der Waals surface area contributed by atoms with Crippen LogP contribution in [0.5, 0.6) is 0 Å². The number of amidine groups is 1. The largest absolute Gasteiger partial charge is 0.469 e. The summed E-state index contributed by atoms with van der Waals surface area (Å²) < 4.78 is 20.5. The summed E-state index contributed by atoms with van der Waals surface area (Å²) in [5, 5.41) is 20.1. The second-order valence-corrected chi connectivity index (χ2v) is 6.40. The highest BCUT2D eigenvalue weighted by molar-refractivity contribution is 7.46. The van der Waals surface area contributed by atoms with Gasteiger partial charge in [-0.05, 0) is 6.42 Å². The number of rotatable bonds is 5. The molecule has 1 saturated heterocycles. The van der Waals surface area contributed by atoms with Crippen LogP contribution in [0, 0.1) is 0 Å². The van der Waals surface area contributed by atoms with E-state index in [-0.39, 0.29) is 5.82 Å². The second kappa shape index (κ2) is 6.70. The van der Waals surface area contributed by atoms with E-state index in [4.69, 9.17) is 20.3 Å². The number of phosphoric acid groups is 1. The number of phosphoric ester groups is 1. The van der Waals surface area contributed by atoms with Gasteiger partial charge in [0.15, 0.2) is 6.23 Å². The predicted octanol–water partition coefficient (Wildman–Crippen LogP) is -1.02. The number of ether oxygens (including phenoxy) is 1. The molecular formula is C12H20N3O7P. The quantitative estimate of drug-likeness (QED) is 0.392. The summed E-state index contributed by atoms with van der Waals surface area (Å²) in [7, 11) is -4.71. The summed E-state index contributed by atoms with van der Waals surface area (Å²) in [6, 6.07) is 0. The molecular weight excluding hydrogens is 329 g/mol. The minimum atomic E-state index is -4.71. The summed E-state index contributed by atoms with van der Waals surface area (Å²) in [6.07, 6.45) is -2.67. The van der Waals surface area contributed by atoms with E-state index in [0.717, 1.165) is 0 Å². The van der Waals surface area contributed by atoms with Crippen LogP contribution in [-0.2, 0) is 13.8 Å². The molecule has 6 N–H and O–H groups in total. The van der Waals surface area contributed by atoms with E-state index in [1.807, 2.05) is 6.92 Å². The Kier molecular flexibility index (Phi) is 5.27. The Morgan fingerprint density at radius 1 is 1.48 bits per heavy atom. The molecule has 130 valence electrons. The lowest BCUT2D eigenvalue weighted by molar-refractivity contribution is -0.0687. The molecule has 0 aromatic rings. The summed E-state index contributed by atoms with van der Waals surface area (Å²) in [6.45, 7) is 5.01. The molecule has 0 aromatic heterocycles. The summed E-state index contributed by atoms with van der Waals surface area (Å²) in [5.74, 6) is 0.524. The van der Waals surface area contributed by atoms with E-state index < -0.39 is 39.0 Å². The van der Waals surface area contributed by atoms with Crippen molar-refractivity contribution >= 4 is 13.7 Å². The lowest BCUT2D eigenvalue weighted by Gasteiger charge is -2.32. The first-order valence-electron chi connectivity index (χ1n) is 6.88. The minimum Gasteiger partial charge on any atom is -0.387 e. The molecule has 2 rings (SSSR count). The van der Waals surface area contributed by atoms with E-state index in [0.29, 0.717) is 17.8 Å². The SMILES string of the molecule is C=C1N=C(N)C(CC)=CN1[C@@H]1O[C@H](COP(=O)(O)O)[C@@H](O)[C@H]1O. The molecule has 23 heavy (non-hydrogen) atoms. The van der Waals surface area contributed by atoms with Gasteiger partial charge in [-0.25, -0.2) is 9.56 Å². The van der Waals surface area contributed by atoms with Crippen LogP contribution >= 0.6 is 7.82 Å². The first-order chi connectivity index (χ1) is 10.6. The van der Waals surface area contributed by atoms with Crippen LogP contribution in [-0.4, -0.2) is 61.9 Å². The second-order valence-electron chi connectivity index (χ2n) is 5.16. The molecule has 0 aromatic carbocycles. The van der Waals surface area contributed by atoms with Crippen LogP contribution in [0.1, 0.15) is 13.3 Å². The maximum Gasteiger partial charge on any atom is 0.469 e. The highest BCUT2D eigenvalue weighted by Crippen LogP contribution is 2.38. The van der Waals surface area contributed by atoms with Gasteiger partial charge in [-0.1, -0.05) is 13.5 Å². The first-order valence-corrected chi connectivity index (χ1v) is 8.41. The number of nitrogens with zero attached hydrogens (tertiary/aromatic N) is 2. The van der Waals surface area contributed by atoms with Crippen LogP contribution in [0.15, 0.2) is 29.2 Å². The Balaban J connectivity index is 2.13.